The smallest absolute Gasteiger partial charge is 0.309 e. The van der Waals surface area contributed by atoms with Crippen molar-refractivity contribution < 1.29 is 29.3 Å². The van der Waals surface area contributed by atoms with Crippen LogP contribution in [0.3, 0.4) is 0 Å². The van der Waals surface area contributed by atoms with Crippen LogP contribution in [0.5, 0.6) is 0 Å². The third-order valence-corrected chi connectivity index (χ3v) is 8.24. The molecule has 2 fully saturated rings. The molecule has 2 unspecified atom stereocenters. The summed E-state index contributed by atoms with van der Waals surface area (Å²) in [6.07, 6.45) is 4.11. The molecule has 0 amide bonds. The van der Waals surface area contributed by atoms with E-state index in [1.165, 1.54) is 0 Å². The topological polar surface area (TPSA) is 109 Å². The molecule has 0 bridgehead atoms. The molecule has 3 heterocycles. The maximum atomic E-state index is 13.4. The molecule has 2 aliphatic heterocycles. The van der Waals surface area contributed by atoms with Crippen molar-refractivity contribution >= 4 is 17.8 Å². The van der Waals surface area contributed by atoms with Crippen molar-refractivity contribution in [2.75, 3.05) is 0 Å². The summed E-state index contributed by atoms with van der Waals surface area (Å²) in [5.41, 5.74) is 0.0968. The lowest BCUT2D eigenvalue weighted by Gasteiger charge is -2.35. The fraction of sp³-hybridized carbons (Fsp3) is 0.690. The second-order valence-electron chi connectivity index (χ2n) is 11.5. The first-order chi connectivity index (χ1) is 16.9. The molecule has 200 valence electrons. The van der Waals surface area contributed by atoms with Crippen LogP contribution in [0, 0.1) is 17.3 Å². The zero-order valence-corrected chi connectivity index (χ0v) is 22.6. The lowest BCUT2D eigenvalue weighted by molar-refractivity contribution is -0.154. The average molecular weight is 502 g/mol. The molecule has 0 spiro atoms. The minimum absolute atomic E-state index is 0.0538. The normalized spacial score (nSPS) is 36.6. The van der Waals surface area contributed by atoms with E-state index in [2.05, 4.69) is 11.9 Å². The average Bonchev–Trinajstić information content (AvgIpc) is 3.47. The van der Waals surface area contributed by atoms with Gasteiger partial charge in [0.05, 0.1) is 41.4 Å². The molecule has 7 heteroatoms. The van der Waals surface area contributed by atoms with Crippen LogP contribution in [0.25, 0.3) is 6.08 Å². The molecule has 0 aromatic carbocycles. The number of aliphatic hydroxyl groups is 2. The molecule has 0 radical (unpaired) electrons. The largest absolute Gasteiger partial charge is 0.458 e. The summed E-state index contributed by atoms with van der Waals surface area (Å²) in [6.45, 7) is 11.1. The number of rotatable bonds is 3. The van der Waals surface area contributed by atoms with Crippen LogP contribution >= 0.6 is 0 Å². The molecule has 0 aliphatic carbocycles. The number of epoxide rings is 1. The van der Waals surface area contributed by atoms with E-state index in [1.54, 1.807) is 20.0 Å². The summed E-state index contributed by atoms with van der Waals surface area (Å²) < 4.78 is 12.0. The number of fused-ring (bicyclic) bond motifs is 1. The second kappa shape index (κ2) is 11.5. The number of hydrogen-bond donors (Lipinski definition) is 2. The molecule has 2 aliphatic rings. The van der Waals surface area contributed by atoms with Gasteiger partial charge < -0.3 is 19.7 Å². The Bertz CT molecular complexity index is 944. The van der Waals surface area contributed by atoms with Gasteiger partial charge in [0.2, 0.25) is 0 Å². The van der Waals surface area contributed by atoms with Gasteiger partial charge in [-0.25, -0.2) is 0 Å². The van der Waals surface area contributed by atoms with Crippen LogP contribution in [-0.4, -0.2) is 57.0 Å². The van der Waals surface area contributed by atoms with Gasteiger partial charge in [-0.1, -0.05) is 40.2 Å². The number of ketones is 1. The summed E-state index contributed by atoms with van der Waals surface area (Å²) in [5.74, 6) is -1.47. The Morgan fingerprint density at radius 3 is 2.58 bits per heavy atom. The van der Waals surface area contributed by atoms with E-state index in [0.717, 1.165) is 30.5 Å². The van der Waals surface area contributed by atoms with E-state index in [4.69, 9.17) is 9.47 Å². The van der Waals surface area contributed by atoms with Gasteiger partial charge in [-0.05, 0) is 62.8 Å². The van der Waals surface area contributed by atoms with E-state index in [-0.39, 0.29) is 29.8 Å². The van der Waals surface area contributed by atoms with E-state index in [9.17, 15) is 19.8 Å². The number of pyridine rings is 1. The van der Waals surface area contributed by atoms with Crippen LogP contribution in [0.15, 0.2) is 30.0 Å². The number of nitrogens with zero attached hydrogens (tertiary/aromatic N) is 1. The number of carbonyl (C=O) groups is 2. The summed E-state index contributed by atoms with van der Waals surface area (Å²) in [7, 11) is 0. The maximum absolute atomic E-state index is 13.4. The number of aromatic nitrogens is 1. The quantitative estimate of drug-likeness (QED) is 0.464. The van der Waals surface area contributed by atoms with Crippen LogP contribution in [-0.2, 0) is 19.1 Å². The van der Waals surface area contributed by atoms with Crippen molar-refractivity contribution in [2.24, 2.45) is 17.3 Å². The molecule has 1 aromatic heterocycles. The zero-order valence-electron chi connectivity index (χ0n) is 22.6. The summed E-state index contributed by atoms with van der Waals surface area (Å²) >= 11 is 0. The van der Waals surface area contributed by atoms with Crippen molar-refractivity contribution in [1.29, 1.82) is 0 Å². The molecule has 1 aromatic rings. The van der Waals surface area contributed by atoms with Gasteiger partial charge in [0.25, 0.3) is 0 Å². The van der Waals surface area contributed by atoms with Gasteiger partial charge >= 0.3 is 5.97 Å². The van der Waals surface area contributed by atoms with Crippen molar-refractivity contribution in [1.82, 2.24) is 4.98 Å². The zero-order chi connectivity index (χ0) is 26.7. The molecule has 36 heavy (non-hydrogen) atoms. The van der Waals surface area contributed by atoms with Gasteiger partial charge in [0, 0.05) is 18.5 Å². The van der Waals surface area contributed by atoms with Gasteiger partial charge in [-0.3, -0.25) is 14.6 Å². The fourth-order valence-electron chi connectivity index (χ4n) is 5.30. The predicted molar refractivity (Wildman–Crippen MR) is 138 cm³/mol. The lowest BCUT2D eigenvalue weighted by Crippen LogP contribution is -2.46. The lowest BCUT2D eigenvalue weighted by atomic mass is 9.71. The second-order valence-corrected chi connectivity index (χ2v) is 11.5. The first-order valence-electron chi connectivity index (χ1n) is 13.3. The Morgan fingerprint density at radius 2 is 1.94 bits per heavy atom. The van der Waals surface area contributed by atoms with E-state index in [0.29, 0.717) is 12.8 Å². The number of ether oxygens (including phenoxy) is 2. The van der Waals surface area contributed by atoms with E-state index < -0.39 is 35.6 Å². The number of Topliss-reactive ketones (excluding diaryl/α,β-unsaturated/α-hetero) is 1. The van der Waals surface area contributed by atoms with E-state index >= 15 is 0 Å². The third kappa shape index (κ3) is 6.61. The minimum Gasteiger partial charge on any atom is -0.458 e. The van der Waals surface area contributed by atoms with Crippen molar-refractivity contribution in [3.63, 3.8) is 0 Å². The molecule has 7 nitrogen and oxygen atoms in total. The van der Waals surface area contributed by atoms with Crippen LogP contribution in [0.1, 0.15) is 85.8 Å². The molecule has 7 atom stereocenters. The maximum Gasteiger partial charge on any atom is 0.309 e. The number of esters is 1. The minimum atomic E-state index is -1.23. The Balaban J connectivity index is 1.87. The van der Waals surface area contributed by atoms with Gasteiger partial charge in [0.15, 0.2) is 0 Å². The molecule has 3 rings (SSSR count). The third-order valence-electron chi connectivity index (χ3n) is 8.24. The first kappa shape index (κ1) is 28.5. The Morgan fingerprint density at radius 1 is 1.22 bits per heavy atom. The van der Waals surface area contributed by atoms with Crippen molar-refractivity contribution in [2.45, 2.75) is 110 Å². The highest BCUT2D eigenvalue weighted by atomic mass is 16.6. The Labute approximate surface area is 215 Å². The van der Waals surface area contributed by atoms with Gasteiger partial charge in [-0.15, -0.1) is 0 Å². The van der Waals surface area contributed by atoms with Crippen LogP contribution < -0.4 is 0 Å². The number of hydrogen-bond acceptors (Lipinski definition) is 7. The molecule has 2 N–H and O–H groups in total. The summed E-state index contributed by atoms with van der Waals surface area (Å²) in [5, 5.41) is 22.0. The fourth-order valence-corrected chi connectivity index (χ4v) is 5.30. The monoisotopic (exact) mass is 501 g/mol. The summed E-state index contributed by atoms with van der Waals surface area (Å²) in [4.78, 5) is 30.8. The number of carbonyl (C=O) groups excluding carboxylic acids is 2. The molecular formula is C29H43NO6. The Hall–Kier alpha value is -2.09. The Kier molecular flexibility index (Phi) is 9.12. The highest BCUT2D eigenvalue weighted by molar-refractivity contribution is 5.88. The van der Waals surface area contributed by atoms with Crippen LogP contribution in [0.2, 0.25) is 0 Å². The summed E-state index contributed by atoms with van der Waals surface area (Å²) in [6, 6.07) is 5.63. The molecular weight excluding hydrogens is 458 g/mol. The first-order valence-corrected chi connectivity index (χ1v) is 13.3. The highest BCUT2D eigenvalue weighted by Crippen LogP contribution is 2.45. The highest BCUT2D eigenvalue weighted by Gasteiger charge is 2.53. The van der Waals surface area contributed by atoms with Crippen molar-refractivity contribution in [3.8, 4) is 0 Å². The predicted octanol–water partition coefficient (Wildman–Crippen LogP) is 4.50. The van der Waals surface area contributed by atoms with Crippen molar-refractivity contribution in [3.05, 3.63) is 35.7 Å². The SMILES string of the molecule is CCC1C(=O)C(C)(C)C(O)CC(=O)O[C@H](C(C)=Cc2ccccn2)C[C@@H]2O[C@]2(C)CCC[C@H](C)[C@@H]1O. The molecule has 0 saturated carbocycles. The molecule has 2 saturated heterocycles. The van der Waals surface area contributed by atoms with Gasteiger partial charge in [-0.2, -0.15) is 0 Å². The van der Waals surface area contributed by atoms with Gasteiger partial charge in [0.1, 0.15) is 11.9 Å². The number of aliphatic hydroxyl groups excluding tert-OH is 2. The van der Waals surface area contributed by atoms with Crippen LogP contribution in [0.4, 0.5) is 0 Å². The number of cyclic esters (lactones) is 1. The van der Waals surface area contributed by atoms with E-state index in [1.807, 2.05) is 45.0 Å². The standard InChI is InChI=1S/C29H43NO6/c1-7-21-26(33)18(2)11-10-13-29(6)24(36-29)16-22(19(3)15-20-12-8-9-14-30-20)35-25(32)17-23(31)28(4,5)27(21)34/h8-9,12,14-15,18,21-24,26,31,33H,7,10-11,13,16-17H2,1-6H3/t18-,21?,22-,23?,24-,26-,29+/m0/s1.